The summed E-state index contributed by atoms with van der Waals surface area (Å²) in [6.45, 7) is 8.89. The number of hydrogen-bond donors (Lipinski definition) is 0. The first-order valence-corrected chi connectivity index (χ1v) is 8.13. The van der Waals surface area contributed by atoms with Crippen LogP contribution in [0.15, 0.2) is 24.3 Å². The highest BCUT2D eigenvalue weighted by molar-refractivity contribution is 5.47. The minimum Gasteiger partial charge on any atom is -0.379 e. The van der Waals surface area contributed by atoms with Crippen LogP contribution in [0.3, 0.4) is 0 Å². The fraction of sp³-hybridized carbons (Fsp3) is 0.647. The molecule has 0 N–H and O–H groups in total. The summed E-state index contributed by atoms with van der Waals surface area (Å²) in [6, 6.07) is 9.08. The Morgan fingerprint density at radius 1 is 0.810 bits per heavy atom. The summed E-state index contributed by atoms with van der Waals surface area (Å²) in [4.78, 5) is 4.91. The van der Waals surface area contributed by atoms with Crippen LogP contribution in [-0.4, -0.2) is 64.1 Å². The van der Waals surface area contributed by atoms with Gasteiger partial charge < -0.3 is 14.4 Å². The Kier molecular flexibility index (Phi) is 5.49. The highest BCUT2D eigenvalue weighted by atomic mass is 16.5. The molecule has 0 aliphatic carbocycles. The zero-order valence-electron chi connectivity index (χ0n) is 12.8. The Balaban J connectivity index is 1.43. The fourth-order valence-electron chi connectivity index (χ4n) is 3.03. The zero-order chi connectivity index (χ0) is 14.3. The summed E-state index contributed by atoms with van der Waals surface area (Å²) in [5.74, 6) is 0. The average Bonchev–Trinajstić information content (AvgIpc) is 2.57. The molecule has 2 aliphatic heterocycles. The van der Waals surface area contributed by atoms with E-state index in [9.17, 15) is 0 Å². The Hall–Kier alpha value is -1.10. The maximum Gasteiger partial charge on any atom is 0.0642 e. The molecule has 0 saturated carbocycles. The van der Waals surface area contributed by atoms with E-state index in [0.717, 1.165) is 52.6 Å². The van der Waals surface area contributed by atoms with Gasteiger partial charge in [0.15, 0.2) is 0 Å². The SMILES string of the molecule is c1cc(N2CCOCC2)ccc1CCCN1CCOCC1. The maximum absolute atomic E-state index is 5.40. The summed E-state index contributed by atoms with van der Waals surface area (Å²) in [6.07, 6.45) is 2.40. The number of anilines is 1. The molecular weight excluding hydrogens is 264 g/mol. The second-order valence-electron chi connectivity index (χ2n) is 5.82. The van der Waals surface area contributed by atoms with Crippen molar-refractivity contribution in [2.45, 2.75) is 12.8 Å². The third-order valence-electron chi connectivity index (χ3n) is 4.36. The van der Waals surface area contributed by atoms with Crippen LogP contribution in [0.4, 0.5) is 5.69 Å². The quantitative estimate of drug-likeness (QED) is 0.825. The molecule has 21 heavy (non-hydrogen) atoms. The van der Waals surface area contributed by atoms with E-state index in [1.807, 2.05) is 0 Å². The molecule has 3 rings (SSSR count). The maximum atomic E-state index is 5.40. The Labute approximate surface area is 127 Å². The van der Waals surface area contributed by atoms with Crippen molar-refractivity contribution < 1.29 is 9.47 Å². The normalized spacial score (nSPS) is 20.7. The number of benzene rings is 1. The number of nitrogens with zero attached hydrogens (tertiary/aromatic N) is 2. The molecule has 0 radical (unpaired) electrons. The molecule has 0 bridgehead atoms. The lowest BCUT2D eigenvalue weighted by molar-refractivity contribution is 0.0375. The van der Waals surface area contributed by atoms with E-state index in [1.54, 1.807) is 0 Å². The first kappa shape index (κ1) is 14.8. The topological polar surface area (TPSA) is 24.9 Å². The van der Waals surface area contributed by atoms with Gasteiger partial charge in [-0.25, -0.2) is 0 Å². The predicted octanol–water partition coefficient (Wildman–Crippen LogP) is 1.79. The third kappa shape index (κ3) is 4.43. The van der Waals surface area contributed by atoms with E-state index < -0.39 is 0 Å². The van der Waals surface area contributed by atoms with E-state index in [4.69, 9.17) is 9.47 Å². The molecule has 4 nitrogen and oxygen atoms in total. The highest BCUT2D eigenvalue weighted by Crippen LogP contribution is 2.17. The molecule has 116 valence electrons. The van der Waals surface area contributed by atoms with E-state index in [1.165, 1.54) is 30.6 Å². The standard InChI is InChI=1S/C17H26N2O2/c1(7-18-8-12-20-13-9-18)2-16-3-5-17(6-4-16)19-10-14-21-15-11-19/h3-6H,1-2,7-15H2. The lowest BCUT2D eigenvalue weighted by Gasteiger charge is -2.29. The molecule has 2 heterocycles. The van der Waals surface area contributed by atoms with Gasteiger partial charge in [-0.3, -0.25) is 4.90 Å². The number of aryl methyl sites for hydroxylation is 1. The number of ether oxygens (including phenoxy) is 2. The van der Waals surface area contributed by atoms with Crippen molar-refractivity contribution in [1.82, 2.24) is 4.90 Å². The summed E-state index contributed by atoms with van der Waals surface area (Å²) in [7, 11) is 0. The summed E-state index contributed by atoms with van der Waals surface area (Å²) >= 11 is 0. The van der Waals surface area contributed by atoms with Crippen LogP contribution < -0.4 is 4.90 Å². The smallest absolute Gasteiger partial charge is 0.0642 e. The third-order valence-corrected chi connectivity index (χ3v) is 4.36. The van der Waals surface area contributed by atoms with Gasteiger partial charge in [-0.05, 0) is 37.1 Å². The van der Waals surface area contributed by atoms with Crippen molar-refractivity contribution in [3.05, 3.63) is 29.8 Å². The number of rotatable bonds is 5. The van der Waals surface area contributed by atoms with Gasteiger partial charge in [-0.2, -0.15) is 0 Å². The van der Waals surface area contributed by atoms with E-state index in [2.05, 4.69) is 34.1 Å². The Bertz CT molecular complexity index is 409. The van der Waals surface area contributed by atoms with Crippen LogP contribution in [0, 0.1) is 0 Å². The second kappa shape index (κ2) is 7.78. The molecule has 0 unspecified atom stereocenters. The van der Waals surface area contributed by atoms with Crippen molar-refractivity contribution in [1.29, 1.82) is 0 Å². The van der Waals surface area contributed by atoms with Crippen molar-refractivity contribution in [2.75, 3.05) is 64.1 Å². The van der Waals surface area contributed by atoms with Crippen molar-refractivity contribution in [3.8, 4) is 0 Å². The molecule has 4 heteroatoms. The predicted molar refractivity (Wildman–Crippen MR) is 85.1 cm³/mol. The largest absolute Gasteiger partial charge is 0.379 e. The van der Waals surface area contributed by atoms with E-state index in [-0.39, 0.29) is 0 Å². The van der Waals surface area contributed by atoms with E-state index in [0.29, 0.717) is 0 Å². The molecule has 1 aromatic rings. The average molecular weight is 290 g/mol. The van der Waals surface area contributed by atoms with Gasteiger partial charge in [0.05, 0.1) is 26.4 Å². The van der Waals surface area contributed by atoms with Crippen LogP contribution in [0.1, 0.15) is 12.0 Å². The van der Waals surface area contributed by atoms with Crippen molar-refractivity contribution in [2.24, 2.45) is 0 Å². The van der Waals surface area contributed by atoms with E-state index >= 15 is 0 Å². The summed E-state index contributed by atoms with van der Waals surface area (Å²) in [5, 5.41) is 0. The molecule has 0 aromatic heterocycles. The molecule has 0 amide bonds. The Morgan fingerprint density at radius 2 is 1.43 bits per heavy atom. The molecule has 0 spiro atoms. The summed E-state index contributed by atoms with van der Waals surface area (Å²) < 4.78 is 10.8. The van der Waals surface area contributed by atoms with Crippen LogP contribution in [-0.2, 0) is 15.9 Å². The minimum atomic E-state index is 0.849. The van der Waals surface area contributed by atoms with Crippen LogP contribution in [0.5, 0.6) is 0 Å². The van der Waals surface area contributed by atoms with Gasteiger partial charge in [0.1, 0.15) is 0 Å². The first-order chi connectivity index (χ1) is 10.4. The van der Waals surface area contributed by atoms with Crippen LogP contribution >= 0.6 is 0 Å². The first-order valence-electron chi connectivity index (χ1n) is 8.13. The van der Waals surface area contributed by atoms with Gasteiger partial charge in [0.25, 0.3) is 0 Å². The zero-order valence-corrected chi connectivity index (χ0v) is 12.8. The minimum absolute atomic E-state index is 0.849. The Morgan fingerprint density at radius 3 is 2.10 bits per heavy atom. The highest BCUT2D eigenvalue weighted by Gasteiger charge is 2.11. The van der Waals surface area contributed by atoms with Gasteiger partial charge in [0, 0.05) is 31.9 Å². The molecule has 2 fully saturated rings. The lowest BCUT2D eigenvalue weighted by Crippen LogP contribution is -2.37. The van der Waals surface area contributed by atoms with Crippen molar-refractivity contribution >= 4 is 5.69 Å². The number of hydrogen-bond acceptors (Lipinski definition) is 4. The van der Waals surface area contributed by atoms with Gasteiger partial charge in [-0.15, -0.1) is 0 Å². The van der Waals surface area contributed by atoms with Gasteiger partial charge >= 0.3 is 0 Å². The fourth-order valence-corrected chi connectivity index (χ4v) is 3.03. The molecule has 2 aliphatic rings. The van der Waals surface area contributed by atoms with Gasteiger partial charge in [-0.1, -0.05) is 12.1 Å². The lowest BCUT2D eigenvalue weighted by atomic mass is 10.1. The number of morpholine rings is 2. The monoisotopic (exact) mass is 290 g/mol. The van der Waals surface area contributed by atoms with Crippen LogP contribution in [0.2, 0.25) is 0 Å². The van der Waals surface area contributed by atoms with Gasteiger partial charge in [0.2, 0.25) is 0 Å². The second-order valence-corrected chi connectivity index (χ2v) is 5.82. The molecule has 2 saturated heterocycles. The summed E-state index contributed by atoms with van der Waals surface area (Å²) in [5.41, 5.74) is 2.77. The van der Waals surface area contributed by atoms with Crippen molar-refractivity contribution in [3.63, 3.8) is 0 Å². The molecule has 0 atom stereocenters. The van der Waals surface area contributed by atoms with Crippen LogP contribution in [0.25, 0.3) is 0 Å². The molecule has 1 aromatic carbocycles. The molecular formula is C17H26N2O2.